The van der Waals surface area contributed by atoms with Crippen LogP contribution in [0.4, 0.5) is 0 Å². The molecule has 0 radical (unpaired) electrons. The van der Waals surface area contributed by atoms with Gasteiger partial charge in [-0.3, -0.25) is 4.79 Å². The van der Waals surface area contributed by atoms with Crippen LogP contribution >= 0.6 is 12.6 Å². The molecule has 4 heteroatoms. The molecule has 0 atom stereocenters. The van der Waals surface area contributed by atoms with Crippen LogP contribution in [0.1, 0.15) is 10.4 Å². The van der Waals surface area contributed by atoms with Gasteiger partial charge in [0.25, 0.3) is 5.91 Å². The highest BCUT2D eigenvalue weighted by Gasteiger charge is 2.18. The van der Waals surface area contributed by atoms with Crippen LogP contribution in [0.3, 0.4) is 0 Å². The maximum Gasteiger partial charge on any atom is 0.255 e. The Kier molecular flexibility index (Phi) is 3.28. The third-order valence-electron chi connectivity index (χ3n) is 2.54. The lowest BCUT2D eigenvalue weighted by Crippen LogP contribution is -2.46. The predicted molar refractivity (Wildman–Crippen MR) is 62.5 cm³/mol. The van der Waals surface area contributed by atoms with Gasteiger partial charge in [0, 0.05) is 31.1 Å². The second-order valence-electron chi connectivity index (χ2n) is 3.56. The van der Waals surface area contributed by atoms with Crippen LogP contribution in [0.5, 0.6) is 0 Å². The molecule has 80 valence electrons. The molecule has 1 aromatic rings. The average Bonchev–Trinajstić information content (AvgIpc) is 2.30. The zero-order valence-corrected chi connectivity index (χ0v) is 9.33. The van der Waals surface area contributed by atoms with Crippen LogP contribution in [0.15, 0.2) is 29.2 Å². The third-order valence-corrected chi connectivity index (χ3v) is 2.93. The molecule has 1 aliphatic rings. The van der Waals surface area contributed by atoms with Gasteiger partial charge in [-0.25, -0.2) is 0 Å². The molecule has 1 fully saturated rings. The fourth-order valence-electron chi connectivity index (χ4n) is 1.69. The summed E-state index contributed by atoms with van der Waals surface area (Å²) >= 11 is 4.29. The summed E-state index contributed by atoms with van der Waals surface area (Å²) in [6, 6.07) is 7.43. The van der Waals surface area contributed by atoms with Gasteiger partial charge >= 0.3 is 0 Å². The first-order valence-corrected chi connectivity index (χ1v) is 5.52. The smallest absolute Gasteiger partial charge is 0.255 e. The van der Waals surface area contributed by atoms with E-state index < -0.39 is 0 Å². The largest absolute Gasteiger partial charge is 0.336 e. The molecule has 0 saturated carbocycles. The minimum absolute atomic E-state index is 0.0853. The molecule has 1 N–H and O–H groups in total. The predicted octanol–water partition coefficient (Wildman–Crippen LogP) is 1.02. The molecule has 2 rings (SSSR count). The number of nitrogens with one attached hydrogen (secondary N) is 1. The van der Waals surface area contributed by atoms with E-state index in [0.717, 1.165) is 31.1 Å². The number of hydrogen-bond donors (Lipinski definition) is 2. The molecule has 3 nitrogen and oxygen atoms in total. The van der Waals surface area contributed by atoms with Crippen molar-refractivity contribution < 1.29 is 4.79 Å². The fourth-order valence-corrected chi connectivity index (χ4v) is 1.95. The van der Waals surface area contributed by atoms with Crippen molar-refractivity contribution in [3.05, 3.63) is 29.8 Å². The van der Waals surface area contributed by atoms with Crippen LogP contribution in [0.25, 0.3) is 0 Å². The Bertz CT molecular complexity index is 361. The Labute approximate surface area is 94.9 Å². The molecule has 0 aliphatic carbocycles. The SMILES string of the molecule is O=C(c1ccccc1S)N1CCNCC1. The zero-order valence-electron chi connectivity index (χ0n) is 8.44. The van der Waals surface area contributed by atoms with E-state index >= 15 is 0 Å². The van der Waals surface area contributed by atoms with Crippen molar-refractivity contribution in [2.45, 2.75) is 4.90 Å². The van der Waals surface area contributed by atoms with Crippen LogP contribution in [0, 0.1) is 0 Å². The lowest BCUT2D eigenvalue weighted by Gasteiger charge is -2.27. The Morgan fingerprint density at radius 3 is 2.60 bits per heavy atom. The van der Waals surface area contributed by atoms with E-state index in [4.69, 9.17) is 0 Å². The first-order valence-electron chi connectivity index (χ1n) is 5.07. The molecule has 0 spiro atoms. The van der Waals surface area contributed by atoms with Crippen molar-refractivity contribution in [3.63, 3.8) is 0 Å². The molecule has 1 heterocycles. The number of thiol groups is 1. The van der Waals surface area contributed by atoms with Crippen molar-refractivity contribution in [2.75, 3.05) is 26.2 Å². The summed E-state index contributed by atoms with van der Waals surface area (Å²) in [5.41, 5.74) is 0.697. The summed E-state index contributed by atoms with van der Waals surface area (Å²) in [6.07, 6.45) is 0. The summed E-state index contributed by atoms with van der Waals surface area (Å²) in [7, 11) is 0. The van der Waals surface area contributed by atoms with E-state index in [1.165, 1.54) is 0 Å². The van der Waals surface area contributed by atoms with Gasteiger partial charge in [-0.1, -0.05) is 12.1 Å². The van der Waals surface area contributed by atoms with Crippen molar-refractivity contribution in [1.29, 1.82) is 0 Å². The highest BCUT2D eigenvalue weighted by atomic mass is 32.1. The van der Waals surface area contributed by atoms with E-state index in [1.807, 2.05) is 29.2 Å². The third kappa shape index (κ3) is 2.33. The van der Waals surface area contributed by atoms with Crippen molar-refractivity contribution in [3.8, 4) is 0 Å². The Balaban J connectivity index is 2.16. The summed E-state index contributed by atoms with van der Waals surface area (Å²) in [6.45, 7) is 3.31. The van der Waals surface area contributed by atoms with E-state index in [2.05, 4.69) is 17.9 Å². The number of nitrogens with zero attached hydrogens (tertiary/aromatic N) is 1. The maximum absolute atomic E-state index is 12.1. The van der Waals surface area contributed by atoms with Gasteiger partial charge in [0.1, 0.15) is 0 Å². The molecule has 1 aliphatic heterocycles. The average molecular weight is 222 g/mol. The molecular formula is C11H14N2OS. The first kappa shape index (κ1) is 10.5. The van der Waals surface area contributed by atoms with Crippen LogP contribution in [0.2, 0.25) is 0 Å². The van der Waals surface area contributed by atoms with E-state index in [0.29, 0.717) is 5.56 Å². The second-order valence-corrected chi connectivity index (χ2v) is 4.04. The van der Waals surface area contributed by atoms with Crippen molar-refractivity contribution in [2.24, 2.45) is 0 Å². The minimum atomic E-state index is 0.0853. The number of carbonyl (C=O) groups is 1. The monoisotopic (exact) mass is 222 g/mol. The maximum atomic E-state index is 12.1. The fraction of sp³-hybridized carbons (Fsp3) is 0.364. The van der Waals surface area contributed by atoms with Crippen LogP contribution in [-0.2, 0) is 0 Å². The van der Waals surface area contributed by atoms with Gasteiger partial charge in [-0.05, 0) is 12.1 Å². The zero-order chi connectivity index (χ0) is 10.7. The lowest BCUT2D eigenvalue weighted by molar-refractivity contribution is 0.0732. The Hall–Kier alpha value is -1.00. The molecule has 0 unspecified atom stereocenters. The summed E-state index contributed by atoms with van der Waals surface area (Å²) in [5, 5.41) is 3.22. The number of benzene rings is 1. The van der Waals surface area contributed by atoms with Crippen molar-refractivity contribution >= 4 is 18.5 Å². The molecule has 1 saturated heterocycles. The van der Waals surface area contributed by atoms with Gasteiger partial charge in [0.2, 0.25) is 0 Å². The molecule has 1 amide bonds. The molecular weight excluding hydrogens is 208 g/mol. The molecule has 0 bridgehead atoms. The first-order chi connectivity index (χ1) is 7.29. The van der Waals surface area contributed by atoms with Crippen LogP contribution in [-0.4, -0.2) is 37.0 Å². The van der Waals surface area contributed by atoms with Crippen LogP contribution < -0.4 is 5.32 Å². The number of amides is 1. The van der Waals surface area contributed by atoms with Gasteiger partial charge < -0.3 is 10.2 Å². The lowest BCUT2D eigenvalue weighted by atomic mass is 10.2. The van der Waals surface area contributed by atoms with Gasteiger partial charge in [-0.2, -0.15) is 0 Å². The second kappa shape index (κ2) is 4.68. The highest BCUT2D eigenvalue weighted by molar-refractivity contribution is 7.80. The molecule has 1 aromatic carbocycles. The van der Waals surface area contributed by atoms with E-state index in [9.17, 15) is 4.79 Å². The number of carbonyl (C=O) groups excluding carboxylic acids is 1. The van der Waals surface area contributed by atoms with Crippen molar-refractivity contribution in [1.82, 2.24) is 10.2 Å². The Morgan fingerprint density at radius 2 is 1.93 bits per heavy atom. The van der Waals surface area contributed by atoms with E-state index in [-0.39, 0.29) is 5.91 Å². The summed E-state index contributed by atoms with van der Waals surface area (Å²) < 4.78 is 0. The topological polar surface area (TPSA) is 32.3 Å². The number of hydrogen-bond acceptors (Lipinski definition) is 3. The summed E-state index contributed by atoms with van der Waals surface area (Å²) in [5.74, 6) is 0.0853. The highest BCUT2D eigenvalue weighted by Crippen LogP contribution is 2.15. The Morgan fingerprint density at radius 1 is 1.27 bits per heavy atom. The minimum Gasteiger partial charge on any atom is -0.336 e. The normalized spacial score (nSPS) is 16.5. The standard InChI is InChI=1S/C11H14N2OS/c14-11(13-7-5-12-6-8-13)9-3-1-2-4-10(9)15/h1-4,12,15H,5-8H2. The van der Waals surface area contributed by atoms with Gasteiger partial charge in [0.05, 0.1) is 5.56 Å². The van der Waals surface area contributed by atoms with Gasteiger partial charge in [0.15, 0.2) is 0 Å². The van der Waals surface area contributed by atoms with Gasteiger partial charge in [-0.15, -0.1) is 12.6 Å². The van der Waals surface area contributed by atoms with E-state index in [1.54, 1.807) is 0 Å². The quantitative estimate of drug-likeness (QED) is 0.695. The molecule has 0 aromatic heterocycles. The summed E-state index contributed by atoms with van der Waals surface area (Å²) in [4.78, 5) is 14.7. The number of rotatable bonds is 1. The molecule has 15 heavy (non-hydrogen) atoms. The number of piperazine rings is 1.